The van der Waals surface area contributed by atoms with Crippen molar-refractivity contribution < 1.29 is 0 Å². The van der Waals surface area contributed by atoms with E-state index >= 15 is 0 Å². The van der Waals surface area contributed by atoms with Gasteiger partial charge in [0.05, 0.1) is 12.1 Å². The van der Waals surface area contributed by atoms with E-state index in [1.807, 2.05) is 4.68 Å². The zero-order chi connectivity index (χ0) is 14.8. The van der Waals surface area contributed by atoms with Crippen LogP contribution in [0.25, 0.3) is 16.6 Å². The molecule has 4 nitrogen and oxygen atoms in total. The number of rotatable bonds is 4. The minimum absolute atomic E-state index is 0.725. The summed E-state index contributed by atoms with van der Waals surface area (Å²) in [6, 6.07) is 6.55. The fourth-order valence-electron chi connectivity index (χ4n) is 2.63. The van der Waals surface area contributed by atoms with Gasteiger partial charge in [0.1, 0.15) is 0 Å². The van der Waals surface area contributed by atoms with Crippen LogP contribution in [-0.2, 0) is 6.54 Å². The molecule has 1 aliphatic rings. The largest absolute Gasteiger partial charge is 0.385 e. The van der Waals surface area contributed by atoms with Gasteiger partial charge in [-0.1, -0.05) is 25.1 Å². The van der Waals surface area contributed by atoms with Crippen molar-refractivity contribution in [1.82, 2.24) is 20.0 Å². The molecule has 0 fully saturated rings. The van der Waals surface area contributed by atoms with Crippen molar-refractivity contribution in [3.05, 3.63) is 36.0 Å². The molecule has 0 unspecified atom stereocenters. The number of hydrogen-bond acceptors (Lipinski definition) is 3. The van der Waals surface area contributed by atoms with E-state index < -0.39 is 0 Å². The van der Waals surface area contributed by atoms with Gasteiger partial charge < -0.3 is 10.2 Å². The molecule has 1 aliphatic heterocycles. The molecule has 3 rings (SSSR count). The van der Waals surface area contributed by atoms with Crippen molar-refractivity contribution in [1.29, 1.82) is 0 Å². The van der Waals surface area contributed by atoms with Crippen molar-refractivity contribution in [2.24, 2.45) is 5.92 Å². The molecule has 1 aromatic heterocycles. The van der Waals surface area contributed by atoms with Gasteiger partial charge in [-0.05, 0) is 38.1 Å². The highest BCUT2D eigenvalue weighted by atomic mass is 15.3. The second-order valence-electron chi connectivity index (χ2n) is 6.31. The lowest BCUT2D eigenvalue weighted by Crippen LogP contribution is -2.23. The third kappa shape index (κ3) is 3.27. The standard InChI is InChI=1S/C17H24N4/c1-13-4-7-16(18-11-13)14-5-6-15-12-21(9-8-20(2)3)19-17(15)10-14/h5-7,10,12-13,18H,4,8-9,11H2,1-3H3/t13-/m0/s1. The Balaban J connectivity index is 1.83. The van der Waals surface area contributed by atoms with E-state index in [1.165, 1.54) is 16.6 Å². The third-order valence-electron chi connectivity index (χ3n) is 4.01. The van der Waals surface area contributed by atoms with Gasteiger partial charge in [0.2, 0.25) is 0 Å². The van der Waals surface area contributed by atoms with E-state index in [0.717, 1.165) is 37.5 Å². The van der Waals surface area contributed by atoms with Crippen LogP contribution in [0.5, 0.6) is 0 Å². The molecule has 0 aliphatic carbocycles. The molecule has 0 amide bonds. The highest BCUT2D eigenvalue weighted by molar-refractivity contribution is 5.82. The van der Waals surface area contributed by atoms with E-state index in [1.54, 1.807) is 0 Å². The molecular formula is C17H24N4. The van der Waals surface area contributed by atoms with Crippen molar-refractivity contribution in [2.45, 2.75) is 19.9 Å². The van der Waals surface area contributed by atoms with Crippen LogP contribution in [0.1, 0.15) is 18.9 Å². The zero-order valence-corrected chi connectivity index (χ0v) is 13.1. The molecule has 2 aromatic rings. The van der Waals surface area contributed by atoms with E-state index in [-0.39, 0.29) is 0 Å². The average Bonchev–Trinajstić information content (AvgIpc) is 2.88. The SMILES string of the molecule is C[C@H]1CC=C(c2ccc3cn(CCN(C)C)nc3c2)NC1. The molecule has 21 heavy (non-hydrogen) atoms. The van der Waals surface area contributed by atoms with Gasteiger partial charge in [-0.2, -0.15) is 5.10 Å². The lowest BCUT2D eigenvalue weighted by molar-refractivity contribution is 0.374. The molecule has 1 aromatic carbocycles. The lowest BCUT2D eigenvalue weighted by atomic mass is 10.00. The van der Waals surface area contributed by atoms with Crippen LogP contribution < -0.4 is 5.32 Å². The Bertz CT molecular complexity index is 654. The fourth-order valence-corrected chi connectivity index (χ4v) is 2.63. The predicted molar refractivity (Wildman–Crippen MR) is 88.0 cm³/mol. The molecule has 4 heteroatoms. The first kappa shape index (κ1) is 14.1. The maximum atomic E-state index is 4.69. The number of hydrogen-bond donors (Lipinski definition) is 1. The molecule has 112 valence electrons. The smallest absolute Gasteiger partial charge is 0.0930 e. The quantitative estimate of drug-likeness (QED) is 0.936. The minimum Gasteiger partial charge on any atom is -0.385 e. The van der Waals surface area contributed by atoms with E-state index in [9.17, 15) is 0 Å². The highest BCUT2D eigenvalue weighted by Gasteiger charge is 2.11. The van der Waals surface area contributed by atoms with Crippen LogP contribution >= 0.6 is 0 Å². The second-order valence-corrected chi connectivity index (χ2v) is 6.31. The minimum atomic E-state index is 0.725. The molecule has 0 saturated carbocycles. The normalized spacial score (nSPS) is 18.9. The molecule has 2 heterocycles. The molecule has 1 N–H and O–H groups in total. The van der Waals surface area contributed by atoms with Crippen molar-refractivity contribution in [3.8, 4) is 0 Å². The maximum Gasteiger partial charge on any atom is 0.0930 e. The van der Waals surface area contributed by atoms with Gasteiger partial charge in [0.25, 0.3) is 0 Å². The number of allylic oxidation sites excluding steroid dienone is 1. The second kappa shape index (κ2) is 5.90. The summed E-state index contributed by atoms with van der Waals surface area (Å²) in [5, 5.41) is 9.42. The molecule has 0 spiro atoms. The molecule has 1 atom stereocenters. The van der Waals surface area contributed by atoms with Gasteiger partial charge in [0, 0.05) is 30.4 Å². The Morgan fingerprint density at radius 1 is 1.38 bits per heavy atom. The summed E-state index contributed by atoms with van der Waals surface area (Å²) in [4.78, 5) is 2.18. The van der Waals surface area contributed by atoms with Crippen LogP contribution in [0.2, 0.25) is 0 Å². The average molecular weight is 284 g/mol. The molecule has 0 bridgehead atoms. The first-order chi connectivity index (χ1) is 10.1. The van der Waals surface area contributed by atoms with Crippen LogP contribution in [0.4, 0.5) is 0 Å². The van der Waals surface area contributed by atoms with Crippen molar-refractivity contribution in [3.63, 3.8) is 0 Å². The lowest BCUT2D eigenvalue weighted by Gasteiger charge is -2.20. The summed E-state index contributed by atoms with van der Waals surface area (Å²) in [6.07, 6.45) is 5.59. The van der Waals surface area contributed by atoms with E-state index in [2.05, 4.69) is 61.7 Å². The van der Waals surface area contributed by atoms with Crippen LogP contribution in [0.3, 0.4) is 0 Å². The number of benzene rings is 1. The Morgan fingerprint density at radius 3 is 2.95 bits per heavy atom. The summed E-state index contributed by atoms with van der Waals surface area (Å²) in [5.41, 5.74) is 3.57. The third-order valence-corrected chi connectivity index (χ3v) is 4.01. The predicted octanol–water partition coefficient (Wildman–Crippen LogP) is 2.57. The van der Waals surface area contributed by atoms with Crippen LogP contribution in [0, 0.1) is 5.92 Å². The van der Waals surface area contributed by atoms with E-state index in [4.69, 9.17) is 5.10 Å². The summed E-state index contributed by atoms with van der Waals surface area (Å²) in [6.45, 7) is 5.26. The number of nitrogens with zero attached hydrogens (tertiary/aromatic N) is 3. The topological polar surface area (TPSA) is 33.1 Å². The number of nitrogens with one attached hydrogen (secondary N) is 1. The summed E-state index contributed by atoms with van der Waals surface area (Å²) in [5.74, 6) is 0.725. The van der Waals surface area contributed by atoms with Gasteiger partial charge in [-0.15, -0.1) is 0 Å². The number of fused-ring (bicyclic) bond motifs is 1. The first-order valence-electron chi connectivity index (χ1n) is 7.68. The van der Waals surface area contributed by atoms with Crippen molar-refractivity contribution in [2.75, 3.05) is 27.2 Å². The maximum absolute atomic E-state index is 4.69. The Hall–Kier alpha value is -1.81. The van der Waals surface area contributed by atoms with E-state index in [0.29, 0.717) is 0 Å². The van der Waals surface area contributed by atoms with Gasteiger partial charge >= 0.3 is 0 Å². The van der Waals surface area contributed by atoms with Gasteiger partial charge in [-0.3, -0.25) is 4.68 Å². The Kier molecular flexibility index (Phi) is 3.97. The Morgan fingerprint density at radius 2 is 2.24 bits per heavy atom. The monoisotopic (exact) mass is 284 g/mol. The molecular weight excluding hydrogens is 260 g/mol. The van der Waals surface area contributed by atoms with Crippen molar-refractivity contribution >= 4 is 16.6 Å². The first-order valence-corrected chi connectivity index (χ1v) is 7.68. The number of aromatic nitrogens is 2. The molecule has 0 radical (unpaired) electrons. The summed E-state index contributed by atoms with van der Waals surface area (Å²) >= 11 is 0. The van der Waals surface area contributed by atoms with Crippen LogP contribution in [0.15, 0.2) is 30.5 Å². The van der Waals surface area contributed by atoms with Crippen LogP contribution in [-0.4, -0.2) is 41.9 Å². The molecule has 0 saturated heterocycles. The zero-order valence-electron chi connectivity index (χ0n) is 13.1. The number of likely N-dealkylation sites (N-methyl/N-ethyl adjacent to an activating group) is 1. The Labute approximate surface area is 126 Å². The van der Waals surface area contributed by atoms with Gasteiger partial charge in [0.15, 0.2) is 0 Å². The highest BCUT2D eigenvalue weighted by Crippen LogP contribution is 2.22. The van der Waals surface area contributed by atoms with Gasteiger partial charge in [-0.25, -0.2) is 0 Å². The summed E-state index contributed by atoms with van der Waals surface area (Å²) in [7, 11) is 4.17. The fraction of sp³-hybridized carbons (Fsp3) is 0.471. The summed E-state index contributed by atoms with van der Waals surface area (Å²) < 4.78 is 2.04.